The molecule has 1 rings (SSSR count). The molecule has 2 unspecified atom stereocenters. The summed E-state index contributed by atoms with van der Waals surface area (Å²) in [4.78, 5) is 3.49. The Labute approximate surface area is 121 Å². The zero-order valence-electron chi connectivity index (χ0n) is 12.4. The number of nitrogens with one attached hydrogen (secondary N) is 1. The van der Waals surface area contributed by atoms with E-state index in [-0.39, 0.29) is 12.1 Å². The van der Waals surface area contributed by atoms with Crippen LogP contribution in [-0.2, 0) is 0 Å². The second kappa shape index (κ2) is 9.48. The number of thiophene rings is 1. The van der Waals surface area contributed by atoms with E-state index in [0.717, 1.165) is 30.9 Å². The van der Waals surface area contributed by atoms with Crippen LogP contribution in [0.1, 0.15) is 44.6 Å². The summed E-state index contributed by atoms with van der Waals surface area (Å²) in [5.41, 5.74) is 0. The third kappa shape index (κ3) is 6.04. The lowest BCUT2D eigenvalue weighted by atomic mass is 10.1. The molecule has 1 heterocycles. The molecule has 0 aromatic carbocycles. The Balaban J connectivity index is 2.12. The summed E-state index contributed by atoms with van der Waals surface area (Å²) >= 11 is 1.62. The molecule has 3 nitrogen and oxygen atoms in total. The van der Waals surface area contributed by atoms with E-state index in [4.69, 9.17) is 0 Å². The van der Waals surface area contributed by atoms with E-state index in [2.05, 4.69) is 31.0 Å². The minimum absolute atomic E-state index is 0.118. The van der Waals surface area contributed by atoms with Crippen molar-refractivity contribution in [3.8, 4) is 0 Å². The fourth-order valence-electron chi connectivity index (χ4n) is 2.15. The van der Waals surface area contributed by atoms with Crippen molar-refractivity contribution in [2.75, 3.05) is 26.2 Å². The third-order valence-electron chi connectivity index (χ3n) is 3.57. The van der Waals surface area contributed by atoms with Gasteiger partial charge in [0, 0.05) is 10.9 Å². The number of aliphatic hydroxyl groups excluding tert-OH is 1. The highest BCUT2D eigenvalue weighted by Crippen LogP contribution is 2.21. The molecule has 0 aliphatic heterocycles. The van der Waals surface area contributed by atoms with Crippen LogP contribution in [0.4, 0.5) is 0 Å². The second-order valence-electron chi connectivity index (χ2n) is 4.94. The van der Waals surface area contributed by atoms with Gasteiger partial charge in [0.1, 0.15) is 6.10 Å². The molecule has 2 N–H and O–H groups in total. The topological polar surface area (TPSA) is 35.5 Å². The summed E-state index contributed by atoms with van der Waals surface area (Å²) in [5, 5.41) is 15.6. The number of unbranched alkanes of at least 4 members (excludes halogenated alkanes) is 1. The van der Waals surface area contributed by atoms with Gasteiger partial charge in [-0.25, -0.2) is 0 Å². The van der Waals surface area contributed by atoms with Gasteiger partial charge in [0.2, 0.25) is 0 Å². The SMILES string of the molecule is CCN(CC)CCCCNC(C)C(O)c1cccs1. The Kier molecular flexibility index (Phi) is 8.30. The van der Waals surface area contributed by atoms with Crippen molar-refractivity contribution < 1.29 is 5.11 Å². The molecule has 0 fully saturated rings. The standard InChI is InChI=1S/C15H28N2OS/c1-4-17(5-2)11-7-6-10-16-13(3)15(18)14-9-8-12-19-14/h8-9,12-13,15-16,18H,4-7,10-11H2,1-3H3. The highest BCUT2D eigenvalue weighted by Gasteiger charge is 2.16. The summed E-state index contributed by atoms with van der Waals surface area (Å²) in [6.07, 6.45) is 2.00. The minimum Gasteiger partial charge on any atom is -0.386 e. The van der Waals surface area contributed by atoms with Gasteiger partial charge in [-0.1, -0.05) is 19.9 Å². The van der Waals surface area contributed by atoms with Gasteiger partial charge >= 0.3 is 0 Å². The van der Waals surface area contributed by atoms with E-state index in [1.54, 1.807) is 11.3 Å². The molecule has 0 aliphatic carbocycles. The third-order valence-corrected chi connectivity index (χ3v) is 4.51. The largest absolute Gasteiger partial charge is 0.386 e. The molecular weight excluding hydrogens is 256 g/mol. The van der Waals surface area contributed by atoms with Crippen molar-refractivity contribution in [1.82, 2.24) is 10.2 Å². The fraction of sp³-hybridized carbons (Fsp3) is 0.733. The Morgan fingerprint density at radius 2 is 2.05 bits per heavy atom. The Hall–Kier alpha value is -0.420. The molecule has 0 bridgehead atoms. The van der Waals surface area contributed by atoms with Crippen molar-refractivity contribution >= 4 is 11.3 Å². The van der Waals surface area contributed by atoms with Crippen LogP contribution in [0.2, 0.25) is 0 Å². The van der Waals surface area contributed by atoms with Gasteiger partial charge in [-0.15, -0.1) is 11.3 Å². The predicted octanol–water partition coefficient (Wildman–Crippen LogP) is 2.88. The predicted molar refractivity (Wildman–Crippen MR) is 83.8 cm³/mol. The molecule has 0 aliphatic rings. The number of nitrogens with zero attached hydrogens (tertiary/aromatic N) is 1. The smallest absolute Gasteiger partial charge is 0.103 e. The first-order valence-corrected chi connectivity index (χ1v) is 8.24. The first-order chi connectivity index (χ1) is 9.19. The molecule has 0 saturated carbocycles. The molecule has 0 saturated heterocycles. The number of rotatable bonds is 10. The normalized spacial score (nSPS) is 14.8. The van der Waals surface area contributed by atoms with Gasteiger partial charge in [0.25, 0.3) is 0 Å². The summed E-state index contributed by atoms with van der Waals surface area (Å²) in [7, 11) is 0. The van der Waals surface area contributed by atoms with Crippen molar-refractivity contribution in [2.24, 2.45) is 0 Å². The molecule has 2 atom stereocenters. The zero-order chi connectivity index (χ0) is 14.1. The lowest BCUT2D eigenvalue weighted by Gasteiger charge is -2.20. The lowest BCUT2D eigenvalue weighted by Crippen LogP contribution is -2.33. The average molecular weight is 284 g/mol. The van der Waals surface area contributed by atoms with Crippen LogP contribution < -0.4 is 5.32 Å². The lowest BCUT2D eigenvalue weighted by molar-refractivity contribution is 0.139. The Morgan fingerprint density at radius 3 is 2.63 bits per heavy atom. The maximum absolute atomic E-state index is 10.1. The van der Waals surface area contributed by atoms with Crippen molar-refractivity contribution in [2.45, 2.75) is 45.8 Å². The van der Waals surface area contributed by atoms with Crippen LogP contribution in [0.3, 0.4) is 0 Å². The number of aliphatic hydroxyl groups is 1. The molecule has 19 heavy (non-hydrogen) atoms. The zero-order valence-corrected chi connectivity index (χ0v) is 13.2. The molecule has 0 radical (unpaired) electrons. The Bertz CT molecular complexity index is 312. The molecule has 1 aromatic heterocycles. The minimum atomic E-state index is -0.386. The summed E-state index contributed by atoms with van der Waals surface area (Å²) in [6, 6.07) is 4.10. The number of hydrogen-bond acceptors (Lipinski definition) is 4. The van der Waals surface area contributed by atoms with E-state index in [1.807, 2.05) is 17.5 Å². The van der Waals surface area contributed by atoms with Gasteiger partial charge < -0.3 is 15.3 Å². The Morgan fingerprint density at radius 1 is 1.32 bits per heavy atom. The first-order valence-electron chi connectivity index (χ1n) is 7.36. The quantitative estimate of drug-likeness (QED) is 0.649. The fourth-order valence-corrected chi connectivity index (χ4v) is 2.96. The van der Waals surface area contributed by atoms with Gasteiger partial charge in [0.15, 0.2) is 0 Å². The van der Waals surface area contributed by atoms with E-state index in [0.29, 0.717) is 0 Å². The molecular formula is C15H28N2OS. The molecule has 4 heteroatoms. The van der Waals surface area contributed by atoms with Crippen molar-refractivity contribution in [3.05, 3.63) is 22.4 Å². The van der Waals surface area contributed by atoms with Crippen LogP contribution in [-0.4, -0.2) is 42.2 Å². The van der Waals surface area contributed by atoms with Crippen molar-refractivity contribution in [1.29, 1.82) is 0 Å². The molecule has 110 valence electrons. The van der Waals surface area contributed by atoms with Gasteiger partial charge in [0.05, 0.1) is 0 Å². The van der Waals surface area contributed by atoms with Crippen LogP contribution in [0.25, 0.3) is 0 Å². The maximum Gasteiger partial charge on any atom is 0.103 e. The highest BCUT2D eigenvalue weighted by atomic mass is 32.1. The van der Waals surface area contributed by atoms with E-state index >= 15 is 0 Å². The van der Waals surface area contributed by atoms with Gasteiger partial charge in [-0.3, -0.25) is 0 Å². The van der Waals surface area contributed by atoms with E-state index in [9.17, 15) is 5.11 Å². The number of hydrogen-bond donors (Lipinski definition) is 2. The summed E-state index contributed by atoms with van der Waals surface area (Å²) in [5.74, 6) is 0. The molecule has 1 aromatic rings. The monoisotopic (exact) mass is 284 g/mol. The molecule has 0 amide bonds. The van der Waals surface area contributed by atoms with Crippen LogP contribution in [0.5, 0.6) is 0 Å². The average Bonchev–Trinajstić information content (AvgIpc) is 2.95. The van der Waals surface area contributed by atoms with Gasteiger partial charge in [-0.05, 0) is 57.4 Å². The summed E-state index contributed by atoms with van der Waals surface area (Å²) in [6.45, 7) is 10.9. The van der Waals surface area contributed by atoms with Gasteiger partial charge in [-0.2, -0.15) is 0 Å². The van der Waals surface area contributed by atoms with Crippen LogP contribution in [0.15, 0.2) is 17.5 Å². The van der Waals surface area contributed by atoms with E-state index in [1.165, 1.54) is 13.0 Å². The summed E-state index contributed by atoms with van der Waals surface area (Å²) < 4.78 is 0. The maximum atomic E-state index is 10.1. The van der Waals surface area contributed by atoms with E-state index < -0.39 is 0 Å². The highest BCUT2D eigenvalue weighted by molar-refractivity contribution is 7.10. The van der Waals surface area contributed by atoms with Crippen molar-refractivity contribution in [3.63, 3.8) is 0 Å². The molecule has 0 spiro atoms. The first kappa shape index (κ1) is 16.6. The van der Waals surface area contributed by atoms with Crippen LogP contribution >= 0.6 is 11.3 Å². The second-order valence-corrected chi connectivity index (χ2v) is 5.92. The van der Waals surface area contributed by atoms with Crippen LogP contribution in [0, 0.1) is 0 Å².